The van der Waals surface area contributed by atoms with E-state index in [2.05, 4.69) is 58.5 Å². The molecule has 0 saturated heterocycles. The molecule has 29 heavy (non-hydrogen) atoms. The maximum atomic E-state index is 12.3. The van der Waals surface area contributed by atoms with E-state index in [1.165, 1.54) is 5.56 Å². The van der Waals surface area contributed by atoms with Crippen LogP contribution in [0, 0.1) is 0 Å². The molecule has 3 N–H and O–H groups in total. The number of nitrogens with zero attached hydrogens (tertiary/aromatic N) is 1. The van der Waals surface area contributed by atoms with Gasteiger partial charge in [-0.25, -0.2) is 4.99 Å². The smallest absolute Gasteiger partial charge is 0.251 e. The van der Waals surface area contributed by atoms with Crippen molar-refractivity contribution < 1.29 is 4.79 Å². The predicted octanol–water partition coefficient (Wildman–Crippen LogP) is 4.75. The molecule has 1 heterocycles. The van der Waals surface area contributed by atoms with Crippen molar-refractivity contribution in [3.63, 3.8) is 0 Å². The van der Waals surface area contributed by atoms with Gasteiger partial charge in [0, 0.05) is 24.7 Å². The molecule has 2 rings (SSSR count). The minimum Gasteiger partial charge on any atom is -0.357 e. The highest BCUT2D eigenvalue weighted by atomic mass is 127. The van der Waals surface area contributed by atoms with Crippen LogP contribution in [0.15, 0.2) is 46.1 Å². The Kier molecular flexibility index (Phi) is 11.9. The van der Waals surface area contributed by atoms with Crippen LogP contribution in [0.4, 0.5) is 0 Å². The fourth-order valence-corrected chi connectivity index (χ4v) is 3.44. The first-order valence-corrected chi connectivity index (χ1v) is 10.9. The van der Waals surface area contributed by atoms with Gasteiger partial charge in [0.25, 0.3) is 5.91 Å². The topological polar surface area (TPSA) is 65.5 Å². The number of thiophene rings is 1. The quantitative estimate of drug-likeness (QED) is 0.250. The Labute approximate surface area is 195 Å². The van der Waals surface area contributed by atoms with Gasteiger partial charge in [0.2, 0.25) is 0 Å². The number of nitrogens with one attached hydrogen (secondary N) is 3. The SMILES string of the molecule is CCNC(=NCc1cccc(C(=O)NC(C)CC)c1)NCC(C)c1ccsc1.I. The van der Waals surface area contributed by atoms with Crippen molar-refractivity contribution in [2.24, 2.45) is 4.99 Å². The van der Waals surface area contributed by atoms with E-state index in [9.17, 15) is 4.79 Å². The molecule has 0 fully saturated rings. The number of aliphatic imine (C=N–C) groups is 1. The second-order valence-corrected chi connectivity index (χ2v) is 7.80. The summed E-state index contributed by atoms with van der Waals surface area (Å²) >= 11 is 1.72. The highest BCUT2D eigenvalue weighted by molar-refractivity contribution is 14.0. The van der Waals surface area contributed by atoms with Crippen LogP contribution in [-0.2, 0) is 6.54 Å². The third kappa shape index (κ3) is 8.74. The van der Waals surface area contributed by atoms with Crippen molar-refractivity contribution in [2.45, 2.75) is 52.6 Å². The number of rotatable bonds is 9. The maximum absolute atomic E-state index is 12.3. The summed E-state index contributed by atoms with van der Waals surface area (Å²) < 4.78 is 0. The van der Waals surface area contributed by atoms with E-state index in [4.69, 9.17) is 0 Å². The number of benzene rings is 1. The molecule has 1 aromatic carbocycles. The molecule has 0 bridgehead atoms. The lowest BCUT2D eigenvalue weighted by atomic mass is 10.1. The molecule has 1 amide bonds. The number of halogens is 1. The highest BCUT2D eigenvalue weighted by Gasteiger charge is 2.10. The molecule has 0 radical (unpaired) electrons. The number of carbonyl (C=O) groups excluding carboxylic acids is 1. The zero-order valence-corrected chi connectivity index (χ0v) is 20.8. The first kappa shape index (κ1) is 25.4. The minimum absolute atomic E-state index is 0. The Morgan fingerprint density at radius 3 is 2.62 bits per heavy atom. The second-order valence-electron chi connectivity index (χ2n) is 7.02. The van der Waals surface area contributed by atoms with Gasteiger partial charge in [-0.3, -0.25) is 4.79 Å². The number of hydrogen-bond donors (Lipinski definition) is 3. The van der Waals surface area contributed by atoms with E-state index < -0.39 is 0 Å². The van der Waals surface area contributed by atoms with Crippen LogP contribution < -0.4 is 16.0 Å². The van der Waals surface area contributed by atoms with E-state index in [-0.39, 0.29) is 35.9 Å². The molecule has 0 aliphatic carbocycles. The van der Waals surface area contributed by atoms with E-state index in [0.717, 1.165) is 31.0 Å². The molecule has 5 nitrogen and oxygen atoms in total. The zero-order valence-electron chi connectivity index (χ0n) is 17.7. The van der Waals surface area contributed by atoms with Crippen LogP contribution in [0.3, 0.4) is 0 Å². The fourth-order valence-electron chi connectivity index (χ4n) is 2.66. The van der Waals surface area contributed by atoms with Gasteiger partial charge in [0.15, 0.2) is 5.96 Å². The summed E-state index contributed by atoms with van der Waals surface area (Å²) in [6.45, 7) is 10.5. The summed E-state index contributed by atoms with van der Waals surface area (Å²) in [5.74, 6) is 1.18. The molecular weight excluding hydrogens is 495 g/mol. The van der Waals surface area contributed by atoms with Gasteiger partial charge < -0.3 is 16.0 Å². The lowest BCUT2D eigenvalue weighted by Gasteiger charge is -2.15. The van der Waals surface area contributed by atoms with Gasteiger partial charge >= 0.3 is 0 Å². The lowest BCUT2D eigenvalue weighted by molar-refractivity contribution is 0.0939. The molecule has 0 aliphatic rings. The molecule has 0 aliphatic heterocycles. The van der Waals surface area contributed by atoms with Gasteiger partial charge in [-0.2, -0.15) is 11.3 Å². The van der Waals surface area contributed by atoms with Crippen molar-refractivity contribution in [2.75, 3.05) is 13.1 Å². The van der Waals surface area contributed by atoms with Gasteiger partial charge in [-0.05, 0) is 66.3 Å². The molecule has 2 unspecified atom stereocenters. The van der Waals surface area contributed by atoms with Crippen molar-refractivity contribution in [3.05, 3.63) is 57.8 Å². The second kappa shape index (κ2) is 13.6. The van der Waals surface area contributed by atoms with Gasteiger partial charge in [0.05, 0.1) is 6.54 Å². The van der Waals surface area contributed by atoms with Crippen LogP contribution in [0.5, 0.6) is 0 Å². The minimum atomic E-state index is -0.0326. The summed E-state index contributed by atoms with van der Waals surface area (Å²) in [6, 6.07) is 10.0. The largest absolute Gasteiger partial charge is 0.357 e. The Hall–Kier alpha value is -1.61. The Balaban J connectivity index is 0.00000420. The number of guanidine groups is 1. The summed E-state index contributed by atoms with van der Waals surface area (Å²) in [5, 5.41) is 14.0. The van der Waals surface area contributed by atoms with Crippen LogP contribution in [0.25, 0.3) is 0 Å². The molecular formula is C22H33IN4OS. The molecule has 0 spiro atoms. The predicted molar refractivity (Wildman–Crippen MR) is 135 cm³/mol. The van der Waals surface area contributed by atoms with Gasteiger partial charge in [-0.1, -0.05) is 26.0 Å². The molecule has 0 saturated carbocycles. The highest BCUT2D eigenvalue weighted by Crippen LogP contribution is 2.17. The fraction of sp³-hybridized carbons (Fsp3) is 0.455. The van der Waals surface area contributed by atoms with Crippen LogP contribution >= 0.6 is 35.3 Å². The average Bonchev–Trinajstić information content (AvgIpc) is 3.25. The third-order valence-electron chi connectivity index (χ3n) is 4.63. The molecule has 2 aromatic rings. The summed E-state index contributed by atoms with van der Waals surface area (Å²) in [6.07, 6.45) is 0.914. The number of carbonyl (C=O) groups is 1. The van der Waals surface area contributed by atoms with Crippen molar-refractivity contribution >= 4 is 47.2 Å². The summed E-state index contributed by atoms with van der Waals surface area (Å²) in [5.41, 5.74) is 3.03. The van der Waals surface area contributed by atoms with Gasteiger partial charge in [0.1, 0.15) is 0 Å². The van der Waals surface area contributed by atoms with Gasteiger partial charge in [-0.15, -0.1) is 24.0 Å². The normalized spacial score (nSPS) is 13.2. The number of amides is 1. The third-order valence-corrected chi connectivity index (χ3v) is 5.33. The van der Waals surface area contributed by atoms with Crippen LogP contribution in [0.2, 0.25) is 0 Å². The maximum Gasteiger partial charge on any atom is 0.251 e. The van der Waals surface area contributed by atoms with Crippen molar-refractivity contribution in [1.82, 2.24) is 16.0 Å². The first-order valence-electron chi connectivity index (χ1n) is 9.97. The summed E-state index contributed by atoms with van der Waals surface area (Å²) in [4.78, 5) is 17.0. The molecule has 1 aromatic heterocycles. The van der Waals surface area contributed by atoms with E-state index in [1.54, 1.807) is 11.3 Å². The Bertz CT molecular complexity index is 764. The van der Waals surface area contributed by atoms with E-state index in [0.29, 0.717) is 18.0 Å². The average molecular weight is 529 g/mol. The zero-order chi connectivity index (χ0) is 20.4. The van der Waals surface area contributed by atoms with Crippen molar-refractivity contribution in [3.8, 4) is 0 Å². The lowest BCUT2D eigenvalue weighted by Crippen LogP contribution is -2.39. The van der Waals surface area contributed by atoms with Crippen LogP contribution in [-0.4, -0.2) is 31.0 Å². The number of hydrogen-bond acceptors (Lipinski definition) is 3. The Morgan fingerprint density at radius 2 is 1.97 bits per heavy atom. The first-order chi connectivity index (χ1) is 13.5. The molecule has 160 valence electrons. The van der Waals surface area contributed by atoms with E-state index in [1.807, 2.05) is 31.2 Å². The molecule has 7 heteroatoms. The van der Waals surface area contributed by atoms with Crippen molar-refractivity contribution in [1.29, 1.82) is 0 Å². The summed E-state index contributed by atoms with van der Waals surface area (Å²) in [7, 11) is 0. The van der Waals surface area contributed by atoms with E-state index >= 15 is 0 Å². The monoisotopic (exact) mass is 528 g/mol. The Morgan fingerprint density at radius 1 is 1.17 bits per heavy atom. The molecule has 2 atom stereocenters. The standard InChI is InChI=1S/C22H32N4OS.HI/c1-5-17(4)26-21(27)19-9-7-8-18(12-19)14-25-22(23-6-2)24-13-16(3)20-10-11-28-15-20;/h7-12,15-17H,5-6,13-14H2,1-4H3,(H,26,27)(H2,23,24,25);1H. The van der Waals surface area contributed by atoms with Crippen LogP contribution in [0.1, 0.15) is 61.5 Å².